The maximum absolute atomic E-state index is 12.2. The van der Waals surface area contributed by atoms with Gasteiger partial charge in [0.1, 0.15) is 11.5 Å². The number of benzene rings is 2. The number of halogens is 1. The third-order valence-corrected chi connectivity index (χ3v) is 3.58. The summed E-state index contributed by atoms with van der Waals surface area (Å²) in [6, 6.07) is 9.12. The van der Waals surface area contributed by atoms with E-state index >= 15 is 0 Å². The fourth-order valence-corrected chi connectivity index (χ4v) is 2.40. The van der Waals surface area contributed by atoms with Crippen LogP contribution in [-0.2, 0) is 11.2 Å². The van der Waals surface area contributed by atoms with Gasteiger partial charge >= 0.3 is 0 Å². The number of amides is 1. The van der Waals surface area contributed by atoms with Crippen molar-refractivity contribution >= 4 is 28.9 Å². The SMILES string of the molecule is COc1cc(OC)c(NC(=O)Cc2ccccc2[N+](=O)[O-])cc1Cl. The zero-order valence-corrected chi connectivity index (χ0v) is 13.8. The predicted molar refractivity (Wildman–Crippen MR) is 90.0 cm³/mol. The first-order chi connectivity index (χ1) is 11.5. The molecule has 1 amide bonds. The lowest BCUT2D eigenvalue weighted by molar-refractivity contribution is -0.385. The predicted octanol–water partition coefficient (Wildman–Crippen LogP) is 3.45. The molecule has 2 aromatic carbocycles. The molecule has 0 bridgehead atoms. The van der Waals surface area contributed by atoms with Gasteiger partial charge in [-0.1, -0.05) is 29.8 Å². The Labute approximate surface area is 143 Å². The highest BCUT2D eigenvalue weighted by atomic mass is 35.5. The van der Waals surface area contributed by atoms with Gasteiger partial charge in [0.25, 0.3) is 5.69 Å². The van der Waals surface area contributed by atoms with E-state index in [4.69, 9.17) is 21.1 Å². The van der Waals surface area contributed by atoms with E-state index in [1.54, 1.807) is 18.2 Å². The summed E-state index contributed by atoms with van der Waals surface area (Å²) in [5.41, 5.74) is 0.567. The van der Waals surface area contributed by atoms with Gasteiger partial charge in [-0.2, -0.15) is 0 Å². The topological polar surface area (TPSA) is 90.7 Å². The number of nitrogens with one attached hydrogen (secondary N) is 1. The van der Waals surface area contributed by atoms with E-state index < -0.39 is 10.8 Å². The second-order valence-corrected chi connectivity index (χ2v) is 5.21. The number of carbonyl (C=O) groups is 1. The van der Waals surface area contributed by atoms with Crippen molar-refractivity contribution in [3.05, 3.63) is 57.1 Å². The van der Waals surface area contributed by atoms with E-state index in [0.717, 1.165) is 0 Å². The summed E-state index contributed by atoms with van der Waals surface area (Å²) in [5.74, 6) is 0.348. The van der Waals surface area contributed by atoms with Crippen molar-refractivity contribution in [2.24, 2.45) is 0 Å². The molecule has 0 heterocycles. The van der Waals surface area contributed by atoms with Crippen molar-refractivity contribution in [3.8, 4) is 11.5 Å². The van der Waals surface area contributed by atoms with E-state index in [9.17, 15) is 14.9 Å². The molecule has 0 aliphatic heterocycles. The van der Waals surface area contributed by atoms with Crippen LogP contribution in [0, 0.1) is 10.1 Å². The molecule has 0 spiro atoms. The molecule has 2 aromatic rings. The minimum atomic E-state index is -0.520. The minimum Gasteiger partial charge on any atom is -0.495 e. The maximum atomic E-state index is 12.2. The van der Waals surface area contributed by atoms with E-state index in [1.165, 1.54) is 32.4 Å². The maximum Gasteiger partial charge on any atom is 0.273 e. The number of nitrogens with zero attached hydrogens (tertiary/aromatic N) is 1. The van der Waals surface area contributed by atoms with Crippen LogP contribution in [0.25, 0.3) is 0 Å². The molecular formula is C16H15ClN2O5. The molecule has 7 nitrogen and oxygen atoms in total. The smallest absolute Gasteiger partial charge is 0.273 e. The monoisotopic (exact) mass is 350 g/mol. The first-order valence-electron chi connectivity index (χ1n) is 6.90. The number of rotatable bonds is 6. The molecule has 0 atom stereocenters. The Bertz CT molecular complexity index is 779. The molecule has 0 saturated carbocycles. The van der Waals surface area contributed by atoms with Crippen molar-refractivity contribution < 1.29 is 19.2 Å². The fourth-order valence-electron chi connectivity index (χ4n) is 2.16. The number of anilines is 1. The average molecular weight is 351 g/mol. The van der Waals surface area contributed by atoms with Crippen LogP contribution in [0.2, 0.25) is 5.02 Å². The summed E-state index contributed by atoms with van der Waals surface area (Å²) < 4.78 is 10.3. The molecular weight excluding hydrogens is 336 g/mol. The Morgan fingerprint density at radius 2 is 1.88 bits per heavy atom. The number of nitro groups is 1. The Kier molecular flexibility index (Phi) is 5.59. The van der Waals surface area contributed by atoms with E-state index in [0.29, 0.717) is 27.8 Å². The van der Waals surface area contributed by atoms with Crippen molar-refractivity contribution in [1.82, 2.24) is 0 Å². The summed E-state index contributed by atoms with van der Waals surface area (Å²) in [4.78, 5) is 22.7. The highest BCUT2D eigenvalue weighted by Gasteiger charge is 2.17. The summed E-state index contributed by atoms with van der Waals surface area (Å²) in [6.07, 6.45) is -0.149. The van der Waals surface area contributed by atoms with Crippen molar-refractivity contribution in [2.75, 3.05) is 19.5 Å². The number of ether oxygens (including phenoxy) is 2. The Morgan fingerprint density at radius 3 is 2.50 bits per heavy atom. The summed E-state index contributed by atoms with van der Waals surface area (Å²) >= 11 is 6.05. The lowest BCUT2D eigenvalue weighted by Gasteiger charge is -2.13. The number of carbonyl (C=O) groups excluding carboxylic acids is 1. The lowest BCUT2D eigenvalue weighted by Crippen LogP contribution is -2.16. The molecule has 0 unspecified atom stereocenters. The van der Waals surface area contributed by atoms with Crippen LogP contribution in [0.15, 0.2) is 36.4 Å². The quantitative estimate of drug-likeness (QED) is 0.636. The van der Waals surface area contributed by atoms with Crippen LogP contribution in [0.1, 0.15) is 5.56 Å². The molecule has 2 rings (SSSR count). The van der Waals surface area contributed by atoms with Crippen molar-refractivity contribution in [3.63, 3.8) is 0 Å². The molecule has 0 aromatic heterocycles. The number of hydrogen-bond acceptors (Lipinski definition) is 5. The fraction of sp³-hybridized carbons (Fsp3) is 0.188. The number of methoxy groups -OCH3 is 2. The number of para-hydroxylation sites is 1. The highest BCUT2D eigenvalue weighted by molar-refractivity contribution is 6.32. The van der Waals surface area contributed by atoms with Crippen molar-refractivity contribution in [1.29, 1.82) is 0 Å². The van der Waals surface area contributed by atoms with Crippen LogP contribution in [0.4, 0.5) is 11.4 Å². The first-order valence-corrected chi connectivity index (χ1v) is 7.27. The Morgan fingerprint density at radius 1 is 1.21 bits per heavy atom. The lowest BCUT2D eigenvalue weighted by atomic mass is 10.1. The number of nitro benzene ring substituents is 1. The van der Waals surface area contributed by atoms with Crippen LogP contribution < -0.4 is 14.8 Å². The van der Waals surface area contributed by atoms with Gasteiger partial charge in [-0.25, -0.2) is 0 Å². The summed E-state index contributed by atoms with van der Waals surface area (Å²) in [5, 5.41) is 13.9. The molecule has 0 saturated heterocycles. The molecule has 0 aliphatic rings. The Hall–Kier alpha value is -2.80. The van der Waals surface area contributed by atoms with Gasteiger partial charge in [0.2, 0.25) is 5.91 Å². The zero-order valence-electron chi connectivity index (χ0n) is 13.0. The van der Waals surface area contributed by atoms with Gasteiger partial charge in [-0.15, -0.1) is 0 Å². The van der Waals surface area contributed by atoms with Gasteiger partial charge < -0.3 is 14.8 Å². The molecule has 126 valence electrons. The largest absolute Gasteiger partial charge is 0.495 e. The summed E-state index contributed by atoms with van der Waals surface area (Å²) in [6.45, 7) is 0. The minimum absolute atomic E-state index is 0.104. The second kappa shape index (κ2) is 7.65. The highest BCUT2D eigenvalue weighted by Crippen LogP contribution is 2.36. The summed E-state index contributed by atoms with van der Waals surface area (Å²) in [7, 11) is 2.91. The van der Waals surface area contributed by atoms with Gasteiger partial charge in [-0.3, -0.25) is 14.9 Å². The third-order valence-electron chi connectivity index (χ3n) is 3.29. The molecule has 24 heavy (non-hydrogen) atoms. The number of hydrogen-bond donors (Lipinski definition) is 1. The van der Waals surface area contributed by atoms with E-state index in [1.807, 2.05) is 0 Å². The molecule has 0 aliphatic carbocycles. The zero-order chi connectivity index (χ0) is 17.7. The van der Waals surface area contributed by atoms with Crippen LogP contribution >= 0.6 is 11.6 Å². The van der Waals surface area contributed by atoms with Crippen LogP contribution in [-0.4, -0.2) is 25.1 Å². The molecule has 0 radical (unpaired) electrons. The normalized spacial score (nSPS) is 10.1. The second-order valence-electron chi connectivity index (χ2n) is 4.80. The van der Waals surface area contributed by atoms with Crippen LogP contribution in [0.3, 0.4) is 0 Å². The van der Waals surface area contributed by atoms with Gasteiger partial charge in [0.15, 0.2) is 0 Å². The average Bonchev–Trinajstić information content (AvgIpc) is 2.55. The van der Waals surface area contributed by atoms with Gasteiger partial charge in [0.05, 0.1) is 36.3 Å². The van der Waals surface area contributed by atoms with Crippen LogP contribution in [0.5, 0.6) is 11.5 Å². The van der Waals surface area contributed by atoms with E-state index in [2.05, 4.69) is 5.32 Å². The molecule has 0 fully saturated rings. The molecule has 8 heteroatoms. The van der Waals surface area contributed by atoms with Gasteiger partial charge in [-0.05, 0) is 6.07 Å². The van der Waals surface area contributed by atoms with Crippen molar-refractivity contribution in [2.45, 2.75) is 6.42 Å². The Balaban J connectivity index is 2.22. The third kappa shape index (κ3) is 3.94. The first kappa shape index (κ1) is 17.6. The molecule has 1 N–H and O–H groups in total. The van der Waals surface area contributed by atoms with E-state index in [-0.39, 0.29) is 12.1 Å². The van der Waals surface area contributed by atoms with Gasteiger partial charge in [0, 0.05) is 17.7 Å². The standard InChI is InChI=1S/C16H15ClN2O5/c1-23-14-9-15(24-2)12(8-11(14)17)18-16(20)7-10-5-3-4-6-13(10)19(21)22/h3-6,8-9H,7H2,1-2H3,(H,18,20).